The monoisotopic (exact) mass is 260 g/mol. The summed E-state index contributed by atoms with van der Waals surface area (Å²) in [6.07, 6.45) is 5.45. The lowest BCUT2D eigenvalue weighted by atomic mass is 9.84. The first-order valence-electron chi connectivity index (χ1n) is 6.63. The van der Waals surface area contributed by atoms with Crippen molar-refractivity contribution >= 4 is 10.0 Å². The fourth-order valence-electron chi connectivity index (χ4n) is 2.61. The van der Waals surface area contributed by atoms with E-state index in [9.17, 15) is 8.42 Å². The largest absolute Gasteiger partial charge is 0.330 e. The highest BCUT2D eigenvalue weighted by atomic mass is 32.2. The number of hydrogen-bond donors (Lipinski definition) is 1. The molecule has 0 amide bonds. The average molecular weight is 260 g/mol. The van der Waals surface area contributed by atoms with Crippen molar-refractivity contribution in [2.24, 2.45) is 17.1 Å². The molecule has 1 aliphatic heterocycles. The number of sulfonamides is 1. The summed E-state index contributed by atoms with van der Waals surface area (Å²) in [4.78, 5) is 0. The minimum Gasteiger partial charge on any atom is -0.330 e. The predicted octanol–water partition coefficient (Wildman–Crippen LogP) is 1.18. The number of hydrogen-bond acceptors (Lipinski definition) is 3. The number of rotatable bonds is 5. The van der Waals surface area contributed by atoms with Gasteiger partial charge in [-0.15, -0.1) is 0 Å². The van der Waals surface area contributed by atoms with Crippen LogP contribution in [0.3, 0.4) is 0 Å². The van der Waals surface area contributed by atoms with Crippen LogP contribution in [0, 0.1) is 11.3 Å². The van der Waals surface area contributed by atoms with Crippen LogP contribution in [0.15, 0.2) is 0 Å². The molecule has 2 rings (SSSR count). The van der Waals surface area contributed by atoms with Gasteiger partial charge in [-0.05, 0) is 30.7 Å². The van der Waals surface area contributed by atoms with E-state index < -0.39 is 10.0 Å². The molecule has 100 valence electrons. The Morgan fingerprint density at radius 1 is 1.41 bits per heavy atom. The van der Waals surface area contributed by atoms with Gasteiger partial charge in [0.1, 0.15) is 0 Å². The Kier molecular flexibility index (Phi) is 3.80. The van der Waals surface area contributed by atoms with Crippen molar-refractivity contribution in [1.29, 1.82) is 0 Å². The van der Waals surface area contributed by atoms with E-state index in [1.54, 1.807) is 4.31 Å². The Hall–Kier alpha value is -0.130. The van der Waals surface area contributed by atoms with Gasteiger partial charge in [-0.2, -0.15) is 0 Å². The smallest absolute Gasteiger partial charge is 0.214 e. The van der Waals surface area contributed by atoms with E-state index in [0.717, 1.165) is 12.8 Å². The van der Waals surface area contributed by atoms with Crippen molar-refractivity contribution in [2.45, 2.75) is 39.0 Å². The molecular formula is C12H24N2O2S. The van der Waals surface area contributed by atoms with Crippen LogP contribution in [0.5, 0.6) is 0 Å². The van der Waals surface area contributed by atoms with E-state index in [4.69, 9.17) is 5.73 Å². The zero-order chi connectivity index (χ0) is 12.5. The molecule has 0 aromatic carbocycles. The molecule has 0 bridgehead atoms. The SMILES string of the molecule is CC1(CN)CCN(S(=O)(=O)CCC2CCC2)C1. The minimum atomic E-state index is -3.03. The Balaban J connectivity index is 1.87. The summed E-state index contributed by atoms with van der Waals surface area (Å²) >= 11 is 0. The van der Waals surface area contributed by atoms with Crippen LogP contribution >= 0.6 is 0 Å². The van der Waals surface area contributed by atoms with Gasteiger partial charge >= 0.3 is 0 Å². The van der Waals surface area contributed by atoms with Crippen LogP contribution < -0.4 is 5.73 Å². The Morgan fingerprint density at radius 3 is 2.59 bits per heavy atom. The summed E-state index contributed by atoms with van der Waals surface area (Å²) in [6, 6.07) is 0. The molecule has 0 aromatic rings. The van der Waals surface area contributed by atoms with Gasteiger partial charge < -0.3 is 5.73 Å². The Morgan fingerprint density at radius 2 is 2.12 bits per heavy atom. The lowest BCUT2D eigenvalue weighted by Crippen LogP contribution is -2.36. The summed E-state index contributed by atoms with van der Waals surface area (Å²) in [7, 11) is -3.03. The number of nitrogens with two attached hydrogens (primary N) is 1. The quantitative estimate of drug-likeness (QED) is 0.807. The first kappa shape index (κ1) is 13.3. The highest BCUT2D eigenvalue weighted by Crippen LogP contribution is 2.33. The third-order valence-electron chi connectivity index (χ3n) is 4.42. The summed E-state index contributed by atoms with van der Waals surface area (Å²) < 4.78 is 26.0. The Labute approximate surface area is 105 Å². The second kappa shape index (κ2) is 4.86. The van der Waals surface area contributed by atoms with E-state index in [0.29, 0.717) is 31.3 Å². The third-order valence-corrected chi connectivity index (χ3v) is 6.27. The molecule has 0 aromatic heterocycles. The van der Waals surface area contributed by atoms with Crippen LogP contribution in [0.25, 0.3) is 0 Å². The maximum Gasteiger partial charge on any atom is 0.214 e. The van der Waals surface area contributed by atoms with Gasteiger partial charge in [0, 0.05) is 13.1 Å². The van der Waals surface area contributed by atoms with Crippen LogP contribution in [-0.2, 0) is 10.0 Å². The molecule has 4 nitrogen and oxygen atoms in total. The molecule has 1 atom stereocenters. The predicted molar refractivity (Wildman–Crippen MR) is 69.1 cm³/mol. The topological polar surface area (TPSA) is 63.4 Å². The summed E-state index contributed by atoms with van der Waals surface area (Å²) in [5.74, 6) is 0.992. The molecule has 1 heterocycles. The molecule has 1 aliphatic carbocycles. The highest BCUT2D eigenvalue weighted by Gasteiger charge is 2.38. The van der Waals surface area contributed by atoms with Crippen LogP contribution in [0.2, 0.25) is 0 Å². The maximum atomic E-state index is 12.2. The lowest BCUT2D eigenvalue weighted by molar-refractivity contribution is 0.304. The molecule has 2 N–H and O–H groups in total. The van der Waals surface area contributed by atoms with Gasteiger partial charge in [-0.1, -0.05) is 26.2 Å². The zero-order valence-corrected chi connectivity index (χ0v) is 11.5. The van der Waals surface area contributed by atoms with E-state index in [-0.39, 0.29) is 5.41 Å². The molecule has 0 radical (unpaired) electrons. The normalized spacial score (nSPS) is 31.6. The van der Waals surface area contributed by atoms with E-state index >= 15 is 0 Å². The fourth-order valence-corrected chi connectivity index (χ4v) is 4.38. The second-order valence-corrected chi connectivity index (χ2v) is 8.09. The summed E-state index contributed by atoms with van der Waals surface area (Å²) in [5.41, 5.74) is 5.69. The summed E-state index contributed by atoms with van der Waals surface area (Å²) in [6.45, 7) is 3.91. The maximum absolute atomic E-state index is 12.2. The highest BCUT2D eigenvalue weighted by molar-refractivity contribution is 7.89. The van der Waals surface area contributed by atoms with Gasteiger partial charge in [-0.3, -0.25) is 0 Å². The van der Waals surface area contributed by atoms with Gasteiger partial charge in [-0.25, -0.2) is 12.7 Å². The zero-order valence-electron chi connectivity index (χ0n) is 10.7. The van der Waals surface area contributed by atoms with Gasteiger partial charge in [0.15, 0.2) is 0 Å². The van der Waals surface area contributed by atoms with Crippen molar-refractivity contribution in [2.75, 3.05) is 25.4 Å². The van der Waals surface area contributed by atoms with Crippen molar-refractivity contribution < 1.29 is 8.42 Å². The molecule has 1 saturated heterocycles. The number of nitrogens with zero attached hydrogens (tertiary/aromatic N) is 1. The third kappa shape index (κ3) is 3.01. The van der Waals surface area contributed by atoms with Crippen LogP contribution in [0.1, 0.15) is 39.0 Å². The van der Waals surface area contributed by atoms with E-state index in [2.05, 4.69) is 6.92 Å². The van der Waals surface area contributed by atoms with Crippen molar-refractivity contribution in [1.82, 2.24) is 4.31 Å². The van der Waals surface area contributed by atoms with Crippen molar-refractivity contribution in [3.63, 3.8) is 0 Å². The van der Waals surface area contributed by atoms with Crippen molar-refractivity contribution in [3.8, 4) is 0 Å². The fraction of sp³-hybridized carbons (Fsp3) is 1.00. The Bertz CT molecular complexity index is 365. The van der Waals surface area contributed by atoms with Gasteiger partial charge in [0.05, 0.1) is 5.75 Å². The lowest BCUT2D eigenvalue weighted by Gasteiger charge is -2.27. The first-order valence-corrected chi connectivity index (χ1v) is 8.24. The summed E-state index contributed by atoms with van der Waals surface area (Å²) in [5, 5.41) is 0. The molecule has 2 fully saturated rings. The van der Waals surface area contributed by atoms with Gasteiger partial charge in [0.25, 0.3) is 0 Å². The minimum absolute atomic E-state index is 0.0104. The first-order chi connectivity index (χ1) is 7.95. The average Bonchev–Trinajstić information content (AvgIpc) is 2.60. The standard InChI is InChI=1S/C12H24N2O2S/c1-12(9-13)6-7-14(10-12)17(15,16)8-5-11-3-2-4-11/h11H,2-10,13H2,1H3. The van der Waals surface area contributed by atoms with E-state index in [1.165, 1.54) is 19.3 Å². The molecule has 2 aliphatic rings. The molecule has 0 spiro atoms. The molecule has 17 heavy (non-hydrogen) atoms. The van der Waals surface area contributed by atoms with E-state index in [1.807, 2.05) is 0 Å². The second-order valence-electron chi connectivity index (χ2n) is 6.00. The van der Waals surface area contributed by atoms with Gasteiger partial charge in [0.2, 0.25) is 10.0 Å². The molecule has 1 saturated carbocycles. The van der Waals surface area contributed by atoms with Crippen LogP contribution in [-0.4, -0.2) is 38.1 Å². The molecule has 5 heteroatoms. The van der Waals surface area contributed by atoms with Crippen molar-refractivity contribution in [3.05, 3.63) is 0 Å². The van der Waals surface area contributed by atoms with Crippen LogP contribution in [0.4, 0.5) is 0 Å². The molecule has 1 unspecified atom stereocenters. The molecular weight excluding hydrogens is 236 g/mol.